The Bertz CT molecular complexity index is 1010. The average Bonchev–Trinajstić information content (AvgIpc) is 2.65. The number of hydrogen-bond donors (Lipinski definition) is 1. The first-order valence-corrected chi connectivity index (χ1v) is 7.65. The van der Waals surface area contributed by atoms with Gasteiger partial charge < -0.3 is 10.1 Å². The molecule has 5 nitrogen and oxygen atoms in total. The SMILES string of the molecule is O=C(Nc1cccnc1)c1cc(C(F)(F)F)cnc1Oc1ccc(F)c(F)c1. The molecule has 2 heterocycles. The third kappa shape index (κ3) is 4.40. The number of halogens is 5. The first kappa shape index (κ1) is 19.2. The molecular formula is C18H10F5N3O2. The summed E-state index contributed by atoms with van der Waals surface area (Å²) in [6.07, 6.45) is -1.55. The maximum Gasteiger partial charge on any atom is 0.417 e. The average molecular weight is 395 g/mol. The summed E-state index contributed by atoms with van der Waals surface area (Å²) in [4.78, 5) is 19.8. The Morgan fingerprint density at radius 2 is 1.82 bits per heavy atom. The zero-order chi connectivity index (χ0) is 20.3. The predicted octanol–water partition coefficient (Wildman–Crippen LogP) is 4.82. The van der Waals surface area contributed by atoms with Crippen LogP contribution in [0.5, 0.6) is 11.6 Å². The number of nitrogens with zero attached hydrogens (tertiary/aromatic N) is 2. The Balaban J connectivity index is 1.98. The van der Waals surface area contributed by atoms with Crippen molar-refractivity contribution in [1.29, 1.82) is 0 Å². The van der Waals surface area contributed by atoms with E-state index >= 15 is 0 Å². The van der Waals surface area contributed by atoms with Crippen molar-refractivity contribution >= 4 is 11.6 Å². The van der Waals surface area contributed by atoms with Crippen molar-refractivity contribution in [3.8, 4) is 11.6 Å². The van der Waals surface area contributed by atoms with Crippen molar-refractivity contribution in [2.75, 3.05) is 5.32 Å². The van der Waals surface area contributed by atoms with Crippen LogP contribution < -0.4 is 10.1 Å². The molecule has 0 atom stereocenters. The van der Waals surface area contributed by atoms with E-state index in [1.807, 2.05) is 0 Å². The molecule has 0 aliphatic heterocycles. The zero-order valence-corrected chi connectivity index (χ0v) is 13.8. The van der Waals surface area contributed by atoms with Gasteiger partial charge in [0.05, 0.1) is 17.4 Å². The molecule has 1 aromatic carbocycles. The molecule has 10 heteroatoms. The fraction of sp³-hybridized carbons (Fsp3) is 0.0556. The van der Waals surface area contributed by atoms with E-state index in [1.54, 1.807) is 0 Å². The van der Waals surface area contributed by atoms with Crippen LogP contribution in [-0.4, -0.2) is 15.9 Å². The summed E-state index contributed by atoms with van der Waals surface area (Å²) in [7, 11) is 0. The van der Waals surface area contributed by atoms with Gasteiger partial charge in [0.1, 0.15) is 11.3 Å². The van der Waals surface area contributed by atoms with Crippen LogP contribution in [0.1, 0.15) is 15.9 Å². The number of carbonyl (C=O) groups is 1. The van der Waals surface area contributed by atoms with Crippen LogP contribution in [-0.2, 0) is 6.18 Å². The second kappa shape index (κ2) is 7.59. The van der Waals surface area contributed by atoms with Gasteiger partial charge >= 0.3 is 6.18 Å². The van der Waals surface area contributed by atoms with Gasteiger partial charge in [0, 0.05) is 18.5 Å². The highest BCUT2D eigenvalue weighted by Crippen LogP contribution is 2.33. The summed E-state index contributed by atoms with van der Waals surface area (Å²) in [6.45, 7) is 0. The maximum atomic E-state index is 13.3. The van der Waals surface area contributed by atoms with Gasteiger partial charge in [-0.2, -0.15) is 13.2 Å². The Kier molecular flexibility index (Phi) is 5.21. The van der Waals surface area contributed by atoms with E-state index in [0.29, 0.717) is 18.3 Å². The number of hydrogen-bond acceptors (Lipinski definition) is 4. The number of rotatable bonds is 4. The lowest BCUT2D eigenvalue weighted by atomic mass is 10.1. The van der Waals surface area contributed by atoms with Crippen LogP contribution in [0.4, 0.5) is 27.6 Å². The molecule has 0 saturated carbocycles. The zero-order valence-electron chi connectivity index (χ0n) is 13.8. The molecule has 0 saturated heterocycles. The lowest BCUT2D eigenvalue weighted by Gasteiger charge is -2.13. The van der Waals surface area contributed by atoms with Crippen molar-refractivity contribution in [2.45, 2.75) is 6.18 Å². The number of anilines is 1. The van der Waals surface area contributed by atoms with Gasteiger partial charge in [0.2, 0.25) is 5.88 Å². The summed E-state index contributed by atoms with van der Waals surface area (Å²) >= 11 is 0. The van der Waals surface area contributed by atoms with Crippen LogP contribution >= 0.6 is 0 Å². The van der Waals surface area contributed by atoms with Gasteiger partial charge in [-0.05, 0) is 30.3 Å². The smallest absolute Gasteiger partial charge is 0.417 e. The van der Waals surface area contributed by atoms with Crippen molar-refractivity contribution in [3.63, 3.8) is 0 Å². The van der Waals surface area contributed by atoms with Crippen LogP contribution in [0.3, 0.4) is 0 Å². The molecule has 0 aliphatic carbocycles. The van der Waals surface area contributed by atoms with Crippen LogP contribution in [0.25, 0.3) is 0 Å². The molecule has 1 N–H and O–H groups in total. The minimum absolute atomic E-state index is 0.226. The summed E-state index contributed by atoms with van der Waals surface area (Å²) in [6, 6.07) is 6.02. The number of amides is 1. The summed E-state index contributed by atoms with van der Waals surface area (Å²) < 4.78 is 70.6. The van der Waals surface area contributed by atoms with E-state index in [9.17, 15) is 26.7 Å². The van der Waals surface area contributed by atoms with Gasteiger partial charge in [-0.1, -0.05) is 0 Å². The summed E-state index contributed by atoms with van der Waals surface area (Å²) in [5.74, 6) is -4.08. The number of carbonyl (C=O) groups excluding carboxylic acids is 1. The van der Waals surface area contributed by atoms with E-state index in [-0.39, 0.29) is 11.4 Å². The molecule has 1 amide bonds. The molecule has 0 radical (unpaired) electrons. The molecule has 144 valence electrons. The third-order valence-electron chi connectivity index (χ3n) is 3.45. The monoisotopic (exact) mass is 395 g/mol. The highest BCUT2D eigenvalue weighted by Gasteiger charge is 2.33. The van der Waals surface area contributed by atoms with E-state index < -0.39 is 40.7 Å². The lowest BCUT2D eigenvalue weighted by molar-refractivity contribution is -0.137. The molecule has 28 heavy (non-hydrogen) atoms. The largest absolute Gasteiger partial charge is 0.438 e. The number of ether oxygens (including phenoxy) is 1. The predicted molar refractivity (Wildman–Crippen MR) is 87.9 cm³/mol. The van der Waals surface area contributed by atoms with E-state index in [0.717, 1.165) is 12.1 Å². The Morgan fingerprint density at radius 1 is 1.04 bits per heavy atom. The number of pyridine rings is 2. The molecule has 0 spiro atoms. The highest BCUT2D eigenvalue weighted by molar-refractivity contribution is 6.05. The molecule has 2 aromatic heterocycles. The quantitative estimate of drug-likeness (QED) is 0.644. The summed E-state index contributed by atoms with van der Waals surface area (Å²) in [5, 5.41) is 2.36. The van der Waals surface area contributed by atoms with Gasteiger partial charge in [-0.25, -0.2) is 13.8 Å². The standard InChI is InChI=1S/C18H10F5N3O2/c19-14-4-3-12(7-15(14)20)28-17-13(6-10(8-25-17)18(21,22)23)16(27)26-11-2-1-5-24-9-11/h1-9H,(H,26,27). The fourth-order valence-corrected chi connectivity index (χ4v) is 2.14. The van der Waals surface area contributed by atoms with Crippen molar-refractivity contribution in [1.82, 2.24) is 9.97 Å². The highest BCUT2D eigenvalue weighted by atomic mass is 19.4. The molecular weight excluding hydrogens is 385 g/mol. The minimum Gasteiger partial charge on any atom is -0.438 e. The van der Waals surface area contributed by atoms with Gasteiger partial charge in [-0.3, -0.25) is 9.78 Å². The second-order valence-corrected chi connectivity index (χ2v) is 5.45. The normalized spacial score (nSPS) is 11.2. The first-order valence-electron chi connectivity index (χ1n) is 7.65. The molecule has 3 rings (SSSR count). The fourth-order valence-electron chi connectivity index (χ4n) is 2.14. The van der Waals surface area contributed by atoms with E-state index in [1.165, 1.54) is 24.5 Å². The molecule has 0 bridgehead atoms. The van der Waals surface area contributed by atoms with Gasteiger partial charge in [0.15, 0.2) is 11.6 Å². The topological polar surface area (TPSA) is 64.1 Å². The van der Waals surface area contributed by atoms with E-state index in [4.69, 9.17) is 4.74 Å². The number of alkyl halides is 3. The van der Waals surface area contributed by atoms with Gasteiger partial charge in [-0.15, -0.1) is 0 Å². The number of nitrogens with one attached hydrogen (secondary N) is 1. The maximum absolute atomic E-state index is 13.3. The van der Waals surface area contributed by atoms with Gasteiger partial charge in [0.25, 0.3) is 5.91 Å². The van der Waals surface area contributed by atoms with Crippen LogP contribution in [0.15, 0.2) is 55.0 Å². The Morgan fingerprint density at radius 3 is 2.46 bits per heavy atom. The van der Waals surface area contributed by atoms with Crippen molar-refractivity contribution < 1.29 is 31.5 Å². The minimum atomic E-state index is -4.75. The Labute approximate surface area is 154 Å². The number of aromatic nitrogens is 2. The molecule has 0 fully saturated rings. The lowest BCUT2D eigenvalue weighted by Crippen LogP contribution is -2.16. The summed E-state index contributed by atoms with van der Waals surface area (Å²) in [5.41, 5.74) is -1.51. The Hall–Kier alpha value is -3.56. The van der Waals surface area contributed by atoms with E-state index in [2.05, 4.69) is 15.3 Å². The molecule has 0 aliphatic rings. The van der Waals surface area contributed by atoms with Crippen molar-refractivity contribution in [2.24, 2.45) is 0 Å². The number of benzene rings is 1. The third-order valence-corrected chi connectivity index (χ3v) is 3.45. The van der Waals surface area contributed by atoms with Crippen LogP contribution in [0, 0.1) is 11.6 Å². The molecule has 3 aromatic rings. The molecule has 0 unspecified atom stereocenters. The second-order valence-electron chi connectivity index (χ2n) is 5.45. The van der Waals surface area contributed by atoms with Crippen LogP contribution in [0.2, 0.25) is 0 Å². The van der Waals surface area contributed by atoms with Crippen molar-refractivity contribution in [3.05, 3.63) is 77.8 Å². The first-order chi connectivity index (χ1) is 13.2.